The summed E-state index contributed by atoms with van der Waals surface area (Å²) in [6.45, 7) is 0.675. The van der Waals surface area contributed by atoms with Crippen molar-refractivity contribution in [2.45, 2.75) is 43.8 Å². The van der Waals surface area contributed by atoms with Gasteiger partial charge in [-0.25, -0.2) is 4.98 Å². The topological polar surface area (TPSA) is 48.1 Å². The van der Waals surface area contributed by atoms with Crippen LogP contribution in [0.2, 0.25) is 0 Å². The molecule has 2 fully saturated rings. The Morgan fingerprint density at radius 3 is 2.76 bits per heavy atom. The van der Waals surface area contributed by atoms with Gasteiger partial charge in [-0.1, -0.05) is 30.3 Å². The molecule has 1 aromatic carbocycles. The molecular weight excluding hydrogens is 280 g/mol. The second-order valence-corrected chi connectivity index (χ2v) is 7.06. The fraction of sp³-hybridized carbons (Fsp3) is 0.471. The lowest BCUT2D eigenvalue weighted by Gasteiger charge is -2.15. The smallest absolute Gasteiger partial charge is 0.0993 e. The summed E-state index contributed by atoms with van der Waals surface area (Å²) in [5.74, 6) is 0.503. The minimum absolute atomic E-state index is 0.399. The maximum absolute atomic E-state index is 6.00. The molecule has 2 N–H and O–H groups in total. The molecule has 0 saturated carbocycles. The Labute approximate surface area is 129 Å². The second-order valence-electron chi connectivity index (χ2n) is 5.94. The van der Waals surface area contributed by atoms with Crippen LogP contribution in [0.15, 0.2) is 30.3 Å². The summed E-state index contributed by atoms with van der Waals surface area (Å²) in [5, 5.41) is 1.25. The van der Waals surface area contributed by atoms with Crippen molar-refractivity contribution in [1.29, 1.82) is 0 Å². The lowest BCUT2D eigenvalue weighted by Crippen LogP contribution is -2.13. The third-order valence-electron chi connectivity index (χ3n) is 4.56. The molecule has 3 unspecified atom stereocenters. The summed E-state index contributed by atoms with van der Waals surface area (Å²) in [5.41, 5.74) is 8.11. The Bertz CT molecular complexity index is 625. The Kier molecular flexibility index (Phi) is 3.53. The molecular formula is C17H20N2OS. The molecule has 0 aliphatic carbocycles. The minimum atomic E-state index is 0.399. The van der Waals surface area contributed by atoms with Gasteiger partial charge in [0.2, 0.25) is 0 Å². The first-order valence-electron chi connectivity index (χ1n) is 7.75. The van der Waals surface area contributed by atoms with Crippen molar-refractivity contribution in [3.05, 3.63) is 40.2 Å². The summed E-state index contributed by atoms with van der Waals surface area (Å²) in [4.78, 5) is 6.30. The van der Waals surface area contributed by atoms with E-state index in [0.29, 0.717) is 24.7 Å². The van der Waals surface area contributed by atoms with Crippen LogP contribution in [-0.4, -0.2) is 23.7 Å². The van der Waals surface area contributed by atoms with Gasteiger partial charge in [-0.3, -0.25) is 0 Å². The zero-order chi connectivity index (χ0) is 14.2. The van der Waals surface area contributed by atoms with Gasteiger partial charge in [0.1, 0.15) is 0 Å². The number of ether oxygens (including phenoxy) is 1. The Balaban J connectivity index is 1.70. The molecule has 4 heteroatoms. The second kappa shape index (κ2) is 5.52. The van der Waals surface area contributed by atoms with Crippen LogP contribution in [0.3, 0.4) is 0 Å². The SMILES string of the molecule is NCCc1sc(C2CC3CCC2O3)nc1-c1ccccc1. The first-order chi connectivity index (χ1) is 10.3. The molecule has 110 valence electrons. The number of nitrogens with two attached hydrogens (primary N) is 1. The van der Waals surface area contributed by atoms with E-state index in [1.165, 1.54) is 28.3 Å². The number of nitrogens with zero attached hydrogens (tertiary/aromatic N) is 1. The van der Waals surface area contributed by atoms with E-state index in [1.54, 1.807) is 0 Å². The average molecular weight is 300 g/mol. The fourth-order valence-electron chi connectivity index (χ4n) is 3.55. The predicted molar refractivity (Wildman–Crippen MR) is 85.6 cm³/mol. The number of thiazole rings is 1. The van der Waals surface area contributed by atoms with Gasteiger partial charge in [0.25, 0.3) is 0 Å². The molecule has 3 heterocycles. The van der Waals surface area contributed by atoms with E-state index >= 15 is 0 Å². The van der Waals surface area contributed by atoms with Gasteiger partial charge in [0.05, 0.1) is 22.9 Å². The van der Waals surface area contributed by atoms with E-state index in [9.17, 15) is 0 Å². The van der Waals surface area contributed by atoms with Crippen molar-refractivity contribution in [1.82, 2.24) is 4.98 Å². The van der Waals surface area contributed by atoms with Crippen molar-refractivity contribution in [3.8, 4) is 11.3 Å². The van der Waals surface area contributed by atoms with Crippen LogP contribution in [0.5, 0.6) is 0 Å². The third-order valence-corrected chi connectivity index (χ3v) is 5.80. The van der Waals surface area contributed by atoms with E-state index in [4.69, 9.17) is 15.5 Å². The molecule has 3 atom stereocenters. The normalized spacial score (nSPS) is 27.4. The van der Waals surface area contributed by atoms with Gasteiger partial charge >= 0.3 is 0 Å². The van der Waals surface area contributed by atoms with E-state index in [1.807, 2.05) is 17.4 Å². The monoisotopic (exact) mass is 300 g/mol. The van der Waals surface area contributed by atoms with Crippen LogP contribution in [-0.2, 0) is 11.2 Å². The number of rotatable bonds is 4. The highest BCUT2D eigenvalue weighted by Gasteiger charge is 2.43. The highest BCUT2D eigenvalue weighted by atomic mass is 32.1. The summed E-state index contributed by atoms with van der Waals surface area (Å²) >= 11 is 1.84. The zero-order valence-corrected chi connectivity index (χ0v) is 12.8. The van der Waals surface area contributed by atoms with Crippen LogP contribution in [0.4, 0.5) is 0 Å². The first-order valence-corrected chi connectivity index (χ1v) is 8.57. The highest BCUT2D eigenvalue weighted by molar-refractivity contribution is 7.12. The lowest BCUT2D eigenvalue weighted by molar-refractivity contribution is 0.101. The number of hydrogen-bond donors (Lipinski definition) is 1. The van der Waals surface area contributed by atoms with Crippen molar-refractivity contribution >= 4 is 11.3 Å². The van der Waals surface area contributed by atoms with E-state index in [-0.39, 0.29) is 0 Å². The number of aromatic nitrogens is 1. The predicted octanol–water partition coefficient (Wildman–Crippen LogP) is 3.35. The molecule has 2 aliphatic rings. The third kappa shape index (κ3) is 2.41. The van der Waals surface area contributed by atoms with E-state index in [2.05, 4.69) is 24.3 Å². The molecule has 1 aromatic heterocycles. The van der Waals surface area contributed by atoms with Crippen molar-refractivity contribution in [3.63, 3.8) is 0 Å². The number of fused-ring (bicyclic) bond motifs is 2. The van der Waals surface area contributed by atoms with Gasteiger partial charge in [0.15, 0.2) is 0 Å². The van der Waals surface area contributed by atoms with Crippen LogP contribution < -0.4 is 5.73 Å². The Hall–Kier alpha value is -1.23. The molecule has 2 aliphatic heterocycles. The summed E-state index contributed by atoms with van der Waals surface area (Å²) < 4.78 is 6.00. The molecule has 2 aromatic rings. The van der Waals surface area contributed by atoms with Crippen LogP contribution in [0.25, 0.3) is 11.3 Å². The lowest BCUT2D eigenvalue weighted by atomic mass is 9.90. The summed E-state index contributed by atoms with van der Waals surface area (Å²) in [6, 6.07) is 10.5. The molecule has 0 radical (unpaired) electrons. The molecule has 0 spiro atoms. The van der Waals surface area contributed by atoms with E-state index < -0.39 is 0 Å². The molecule has 0 amide bonds. The van der Waals surface area contributed by atoms with Crippen LogP contribution >= 0.6 is 11.3 Å². The maximum atomic E-state index is 6.00. The van der Waals surface area contributed by atoms with Crippen molar-refractivity contribution in [2.75, 3.05) is 6.54 Å². The Morgan fingerprint density at radius 2 is 2.10 bits per heavy atom. The van der Waals surface area contributed by atoms with Gasteiger partial charge in [-0.05, 0) is 32.2 Å². The van der Waals surface area contributed by atoms with Gasteiger partial charge < -0.3 is 10.5 Å². The minimum Gasteiger partial charge on any atom is -0.374 e. The van der Waals surface area contributed by atoms with Crippen LogP contribution in [0.1, 0.15) is 35.1 Å². The van der Waals surface area contributed by atoms with Crippen LogP contribution in [0, 0.1) is 0 Å². The largest absolute Gasteiger partial charge is 0.374 e. The van der Waals surface area contributed by atoms with E-state index in [0.717, 1.165) is 18.5 Å². The molecule has 3 nitrogen and oxygen atoms in total. The zero-order valence-electron chi connectivity index (χ0n) is 12.0. The Morgan fingerprint density at radius 1 is 1.24 bits per heavy atom. The summed E-state index contributed by atoms with van der Waals surface area (Å²) in [7, 11) is 0. The van der Waals surface area contributed by atoms with Crippen molar-refractivity contribution in [2.24, 2.45) is 5.73 Å². The molecule has 4 rings (SSSR count). The van der Waals surface area contributed by atoms with Crippen molar-refractivity contribution < 1.29 is 4.74 Å². The first kappa shape index (κ1) is 13.4. The number of hydrogen-bond acceptors (Lipinski definition) is 4. The fourth-order valence-corrected chi connectivity index (χ4v) is 4.82. The quantitative estimate of drug-likeness (QED) is 0.942. The molecule has 2 saturated heterocycles. The average Bonchev–Trinajstić information content (AvgIpc) is 3.23. The standard InChI is InChI=1S/C17H20N2OS/c18-9-8-15-16(11-4-2-1-3-5-11)19-17(21-15)13-10-12-6-7-14(13)20-12/h1-5,12-14H,6-10,18H2. The molecule has 2 bridgehead atoms. The maximum Gasteiger partial charge on any atom is 0.0993 e. The van der Waals surface area contributed by atoms with Gasteiger partial charge in [-0.2, -0.15) is 0 Å². The molecule has 21 heavy (non-hydrogen) atoms. The number of benzene rings is 1. The highest BCUT2D eigenvalue weighted by Crippen LogP contribution is 2.46. The van der Waals surface area contributed by atoms with Gasteiger partial charge in [0, 0.05) is 16.4 Å². The van der Waals surface area contributed by atoms with Gasteiger partial charge in [-0.15, -0.1) is 11.3 Å². The summed E-state index contributed by atoms with van der Waals surface area (Å²) in [6.07, 6.45) is 5.35.